The summed E-state index contributed by atoms with van der Waals surface area (Å²) < 4.78 is 15.4. The number of hydrogen-bond donors (Lipinski definition) is 1. The van der Waals surface area contributed by atoms with Gasteiger partial charge in [-0.05, 0) is 38.3 Å². The Bertz CT molecular complexity index is 739. The zero-order valence-electron chi connectivity index (χ0n) is 19.0. The second kappa shape index (κ2) is 10.3. The number of carboxylic acid groups (broad SMARTS) is 1. The summed E-state index contributed by atoms with van der Waals surface area (Å²) in [5.74, 6) is -1.15. The van der Waals surface area contributed by atoms with Gasteiger partial charge >= 0.3 is 12.1 Å². The Morgan fingerprint density at radius 3 is 2.20 bits per heavy atom. The van der Waals surface area contributed by atoms with Gasteiger partial charge in [-0.3, -0.25) is 9.69 Å². The van der Waals surface area contributed by atoms with Crippen LogP contribution in [0.15, 0.2) is 10.6 Å². The highest BCUT2D eigenvalue weighted by Gasteiger charge is 2.37. The van der Waals surface area contributed by atoms with Crippen molar-refractivity contribution in [3.8, 4) is 5.88 Å². The Hall–Kier alpha value is -2.78. The molecule has 0 saturated carbocycles. The van der Waals surface area contributed by atoms with E-state index in [-0.39, 0.29) is 24.0 Å². The highest BCUT2D eigenvalue weighted by Crippen LogP contribution is 2.20. The number of hydrogen-bond acceptors (Lipinski definition) is 7. The number of aromatic nitrogens is 1. The summed E-state index contributed by atoms with van der Waals surface area (Å²) >= 11 is 0. The van der Waals surface area contributed by atoms with Gasteiger partial charge in [0.05, 0.1) is 7.11 Å². The van der Waals surface area contributed by atoms with Crippen molar-refractivity contribution in [2.24, 2.45) is 5.92 Å². The number of aliphatic carboxylic acids is 1. The summed E-state index contributed by atoms with van der Waals surface area (Å²) in [4.78, 5) is 40.0. The van der Waals surface area contributed by atoms with Crippen LogP contribution in [0.2, 0.25) is 0 Å². The van der Waals surface area contributed by atoms with Gasteiger partial charge in [-0.1, -0.05) is 13.8 Å². The molecule has 0 aliphatic carbocycles. The zero-order chi connectivity index (χ0) is 23.2. The molecule has 10 nitrogen and oxygen atoms in total. The van der Waals surface area contributed by atoms with Crippen molar-refractivity contribution >= 4 is 18.0 Å². The third kappa shape index (κ3) is 7.23. The van der Waals surface area contributed by atoms with Crippen molar-refractivity contribution < 1.29 is 33.5 Å². The zero-order valence-corrected chi connectivity index (χ0v) is 19.0. The number of methoxy groups -OCH3 is 1. The molecule has 30 heavy (non-hydrogen) atoms. The molecule has 1 aromatic rings. The second-order valence-electron chi connectivity index (χ2n) is 8.58. The third-order valence-corrected chi connectivity index (χ3v) is 4.37. The van der Waals surface area contributed by atoms with E-state index < -0.39 is 35.7 Å². The van der Waals surface area contributed by atoms with Crippen LogP contribution in [0.3, 0.4) is 0 Å². The number of carbonyl (C=O) groups is 3. The minimum atomic E-state index is -1.21. The number of carbonyl (C=O) groups excluding carboxylic acids is 2. The lowest BCUT2D eigenvalue weighted by Gasteiger charge is -2.34. The lowest BCUT2D eigenvalue weighted by atomic mass is 10.0. The predicted octanol–water partition coefficient (Wildman–Crippen LogP) is 2.42. The average molecular weight is 427 g/mol. The van der Waals surface area contributed by atoms with Crippen molar-refractivity contribution in [3.63, 3.8) is 0 Å². The molecule has 0 unspecified atom stereocenters. The molecule has 2 amide bonds. The van der Waals surface area contributed by atoms with Gasteiger partial charge < -0.3 is 24.0 Å². The lowest BCUT2D eigenvalue weighted by Crippen LogP contribution is -2.54. The summed E-state index contributed by atoms with van der Waals surface area (Å²) in [5.41, 5.74) is -0.725. The molecule has 170 valence electrons. The molecule has 0 aromatic carbocycles. The van der Waals surface area contributed by atoms with Crippen molar-refractivity contribution in [2.75, 3.05) is 21.2 Å². The maximum Gasteiger partial charge on any atom is 0.410 e. The van der Waals surface area contributed by atoms with E-state index in [1.54, 1.807) is 20.8 Å². The molecular weight excluding hydrogens is 394 g/mol. The minimum Gasteiger partial charge on any atom is -0.480 e. The van der Waals surface area contributed by atoms with Gasteiger partial charge in [-0.2, -0.15) is 0 Å². The van der Waals surface area contributed by atoms with Crippen LogP contribution in [0, 0.1) is 5.92 Å². The molecule has 0 fully saturated rings. The van der Waals surface area contributed by atoms with Crippen LogP contribution in [-0.4, -0.2) is 76.9 Å². The van der Waals surface area contributed by atoms with Gasteiger partial charge in [0.25, 0.3) is 5.88 Å². The highest BCUT2D eigenvalue weighted by molar-refractivity contribution is 5.89. The average Bonchev–Trinajstić information content (AvgIpc) is 3.08. The molecular formula is C20H33N3O7. The van der Waals surface area contributed by atoms with Gasteiger partial charge in [0, 0.05) is 26.6 Å². The Morgan fingerprint density at radius 2 is 1.77 bits per heavy atom. The molecule has 1 aromatic heterocycles. The molecule has 1 N–H and O–H groups in total. The molecule has 1 heterocycles. The number of nitrogens with zero attached hydrogens (tertiary/aromatic N) is 3. The molecule has 0 spiro atoms. The molecule has 0 bridgehead atoms. The SMILES string of the molecule is COc1cc(C[C@H](C(=O)O)N(C)C(=O)[C@H](CC(C)C)N(C)C(=O)OC(C)(C)C)on1. The van der Waals surface area contributed by atoms with Crippen LogP contribution in [-0.2, 0) is 20.7 Å². The Labute approximate surface area is 177 Å². The first kappa shape index (κ1) is 25.3. The first-order valence-corrected chi connectivity index (χ1v) is 9.71. The molecule has 2 atom stereocenters. The number of likely N-dealkylation sites (N-methyl/N-ethyl adjacent to an activating group) is 2. The molecule has 0 aliphatic rings. The van der Waals surface area contributed by atoms with Gasteiger partial charge in [-0.25, -0.2) is 9.59 Å². The fourth-order valence-electron chi connectivity index (χ4n) is 2.79. The quantitative estimate of drug-likeness (QED) is 0.637. The molecule has 1 rings (SSSR count). The summed E-state index contributed by atoms with van der Waals surface area (Å²) in [7, 11) is 4.28. The molecule has 10 heteroatoms. The topological polar surface area (TPSA) is 122 Å². The van der Waals surface area contributed by atoms with E-state index in [2.05, 4.69) is 5.16 Å². The fourth-order valence-corrected chi connectivity index (χ4v) is 2.79. The number of rotatable bonds is 9. The first-order chi connectivity index (χ1) is 13.8. The molecule has 0 aliphatic heterocycles. The maximum atomic E-state index is 13.2. The van der Waals surface area contributed by atoms with Gasteiger partial charge in [0.2, 0.25) is 5.91 Å². The summed E-state index contributed by atoms with van der Waals surface area (Å²) in [5, 5.41) is 13.3. The van der Waals surface area contributed by atoms with E-state index in [1.165, 1.54) is 32.2 Å². The fraction of sp³-hybridized carbons (Fsp3) is 0.700. The van der Waals surface area contributed by atoms with Crippen molar-refractivity contribution in [2.45, 2.75) is 65.1 Å². The van der Waals surface area contributed by atoms with Crippen LogP contribution in [0.5, 0.6) is 5.88 Å². The standard InChI is InChI=1S/C20H33N3O7/c1-12(2)9-14(23(7)19(27)29-20(3,4)5)17(24)22(6)15(18(25)26)10-13-11-16(28-8)21-30-13/h11-12,14-15H,9-10H2,1-8H3,(H,25,26)/t14-,15+/m0/s1. The molecule has 0 saturated heterocycles. The van der Waals surface area contributed by atoms with Crippen LogP contribution >= 0.6 is 0 Å². The summed E-state index contributed by atoms with van der Waals surface area (Å²) in [6.07, 6.45) is -0.401. The van der Waals surface area contributed by atoms with Crippen molar-refractivity contribution in [1.29, 1.82) is 0 Å². The van der Waals surface area contributed by atoms with Crippen molar-refractivity contribution in [1.82, 2.24) is 15.0 Å². The Balaban J connectivity index is 3.08. The molecule has 0 radical (unpaired) electrons. The number of carboxylic acids is 1. The maximum absolute atomic E-state index is 13.2. The summed E-state index contributed by atoms with van der Waals surface area (Å²) in [6, 6.07) is -0.625. The Kier molecular flexibility index (Phi) is 8.68. The smallest absolute Gasteiger partial charge is 0.410 e. The normalized spacial score (nSPS) is 13.5. The lowest BCUT2D eigenvalue weighted by molar-refractivity contribution is -0.151. The highest BCUT2D eigenvalue weighted by atomic mass is 16.6. The van der Waals surface area contributed by atoms with E-state index in [9.17, 15) is 19.5 Å². The monoisotopic (exact) mass is 427 g/mol. The largest absolute Gasteiger partial charge is 0.480 e. The van der Waals surface area contributed by atoms with E-state index in [1.807, 2.05) is 13.8 Å². The van der Waals surface area contributed by atoms with Crippen molar-refractivity contribution in [3.05, 3.63) is 11.8 Å². The van der Waals surface area contributed by atoms with E-state index in [0.717, 1.165) is 4.90 Å². The van der Waals surface area contributed by atoms with Crippen LogP contribution in [0.1, 0.15) is 46.8 Å². The third-order valence-electron chi connectivity index (χ3n) is 4.37. The van der Waals surface area contributed by atoms with E-state index in [4.69, 9.17) is 14.0 Å². The van der Waals surface area contributed by atoms with Gasteiger partial charge in [0.15, 0.2) is 0 Å². The Morgan fingerprint density at radius 1 is 1.17 bits per heavy atom. The van der Waals surface area contributed by atoms with E-state index in [0.29, 0.717) is 6.42 Å². The number of ether oxygens (including phenoxy) is 2. The van der Waals surface area contributed by atoms with Crippen LogP contribution < -0.4 is 4.74 Å². The first-order valence-electron chi connectivity index (χ1n) is 9.71. The number of amides is 2. The van der Waals surface area contributed by atoms with Gasteiger partial charge in [0.1, 0.15) is 23.4 Å². The van der Waals surface area contributed by atoms with E-state index >= 15 is 0 Å². The summed E-state index contributed by atoms with van der Waals surface area (Å²) in [6.45, 7) is 9.03. The van der Waals surface area contributed by atoms with Gasteiger partial charge in [-0.15, -0.1) is 0 Å². The van der Waals surface area contributed by atoms with Crippen LogP contribution in [0.25, 0.3) is 0 Å². The predicted molar refractivity (Wildman–Crippen MR) is 108 cm³/mol. The van der Waals surface area contributed by atoms with Crippen LogP contribution in [0.4, 0.5) is 4.79 Å². The second-order valence-corrected chi connectivity index (χ2v) is 8.58. The minimum absolute atomic E-state index is 0.0825.